The molecule has 0 aromatic rings. The van der Waals surface area contributed by atoms with Gasteiger partial charge in [-0.2, -0.15) is 0 Å². The molecule has 44 heavy (non-hydrogen) atoms. The summed E-state index contributed by atoms with van der Waals surface area (Å²) >= 11 is 0. The fourth-order valence-electron chi connectivity index (χ4n) is 5.56. The molecule has 0 aromatic carbocycles. The van der Waals surface area contributed by atoms with Gasteiger partial charge in [0.05, 0.1) is 24.7 Å². The summed E-state index contributed by atoms with van der Waals surface area (Å²) in [5.41, 5.74) is 29.3. The van der Waals surface area contributed by atoms with Crippen LogP contribution in [0.4, 0.5) is 0 Å². The summed E-state index contributed by atoms with van der Waals surface area (Å²) in [4.78, 5) is 12.7. The molecule has 0 aromatic heterocycles. The highest BCUT2D eigenvalue weighted by molar-refractivity contribution is 5.80. The molecule has 1 saturated carbocycles. The van der Waals surface area contributed by atoms with Crippen molar-refractivity contribution in [3.8, 4) is 0 Å². The van der Waals surface area contributed by atoms with Crippen LogP contribution in [0.1, 0.15) is 19.3 Å². The number of nitrogens with two attached hydrogens (primary N) is 5. The molecule has 2 aliphatic heterocycles. The number of nitrogens with one attached hydrogen (secondary N) is 2. The van der Waals surface area contributed by atoms with E-state index in [1.54, 1.807) is 0 Å². The topological polar surface area (TPSA) is 350 Å². The van der Waals surface area contributed by atoms with E-state index in [2.05, 4.69) is 10.6 Å². The summed E-state index contributed by atoms with van der Waals surface area (Å²) in [5.74, 6) is -0.821. The molecule has 0 radical (unpaired) electrons. The Morgan fingerprint density at radius 2 is 1.50 bits per heavy atom. The molecule has 2 saturated heterocycles. The van der Waals surface area contributed by atoms with E-state index in [4.69, 9.17) is 47.6 Å². The van der Waals surface area contributed by atoms with Gasteiger partial charge in [-0.25, -0.2) is 0 Å². The van der Waals surface area contributed by atoms with Gasteiger partial charge in [-0.3, -0.25) is 4.79 Å². The number of carbonyl (C=O) groups is 1. The molecule has 19 nitrogen and oxygen atoms in total. The summed E-state index contributed by atoms with van der Waals surface area (Å²) in [5, 5.41) is 78.9. The lowest BCUT2D eigenvalue weighted by Crippen LogP contribution is -2.70. The van der Waals surface area contributed by atoms with E-state index in [1.165, 1.54) is 0 Å². The van der Waals surface area contributed by atoms with E-state index in [1.807, 2.05) is 0 Å². The largest absolute Gasteiger partial charge is 0.394 e. The van der Waals surface area contributed by atoms with Gasteiger partial charge >= 0.3 is 0 Å². The summed E-state index contributed by atoms with van der Waals surface area (Å²) in [6, 6.07) is -4.60. The average Bonchev–Trinajstić information content (AvgIpc) is 2.99. The first-order valence-corrected chi connectivity index (χ1v) is 14.8. The second kappa shape index (κ2) is 17.1. The molecule has 0 bridgehead atoms. The van der Waals surface area contributed by atoms with Crippen LogP contribution >= 0.6 is 0 Å². The van der Waals surface area contributed by atoms with E-state index in [-0.39, 0.29) is 25.9 Å². The van der Waals surface area contributed by atoms with Crippen LogP contribution in [-0.2, 0) is 23.7 Å². The third-order valence-electron chi connectivity index (χ3n) is 8.26. The van der Waals surface area contributed by atoms with Crippen molar-refractivity contribution >= 4 is 5.91 Å². The quantitative estimate of drug-likeness (QED) is 0.0782. The van der Waals surface area contributed by atoms with Crippen LogP contribution < -0.4 is 39.3 Å². The Hall–Kier alpha value is -1.21. The Morgan fingerprint density at radius 3 is 2.14 bits per heavy atom. The second-order valence-corrected chi connectivity index (χ2v) is 11.5. The number of hydrogen-bond donors (Lipinski definition) is 14. The smallest absolute Gasteiger partial charge is 0.249 e. The number of carbonyl (C=O) groups excluding carboxylic acids is 1. The number of ether oxygens (including phenoxy) is 4. The zero-order valence-electron chi connectivity index (χ0n) is 24.5. The lowest BCUT2D eigenvalue weighted by atomic mass is 9.83. The van der Waals surface area contributed by atoms with E-state index in [0.717, 1.165) is 0 Å². The average molecular weight is 642 g/mol. The zero-order chi connectivity index (χ0) is 32.7. The van der Waals surface area contributed by atoms with Gasteiger partial charge in [-0.1, -0.05) is 0 Å². The van der Waals surface area contributed by atoms with Crippen molar-refractivity contribution in [3.05, 3.63) is 0 Å². The number of hydrogen-bond acceptors (Lipinski definition) is 18. The van der Waals surface area contributed by atoms with Crippen molar-refractivity contribution in [1.82, 2.24) is 10.6 Å². The Morgan fingerprint density at radius 1 is 0.841 bits per heavy atom. The number of rotatable bonds is 14. The van der Waals surface area contributed by atoms with Crippen LogP contribution in [0.5, 0.6) is 0 Å². The molecule has 2 heterocycles. The molecular weight excluding hydrogens is 590 g/mol. The van der Waals surface area contributed by atoms with Crippen LogP contribution in [0.15, 0.2) is 0 Å². The predicted molar refractivity (Wildman–Crippen MR) is 151 cm³/mol. The van der Waals surface area contributed by atoms with Crippen molar-refractivity contribution in [2.45, 2.75) is 117 Å². The zero-order valence-corrected chi connectivity index (χ0v) is 24.5. The Kier molecular flexibility index (Phi) is 14.5. The van der Waals surface area contributed by atoms with E-state index in [0.29, 0.717) is 19.5 Å². The third kappa shape index (κ3) is 8.77. The van der Waals surface area contributed by atoms with Gasteiger partial charge in [0.25, 0.3) is 0 Å². The van der Waals surface area contributed by atoms with Gasteiger partial charge in [0, 0.05) is 12.6 Å². The SMILES string of the molecule is NCCCNC[C@H]1O[C@H](OC2[C@@H](N)C[C@@H](NC(=O)[C@@H](O)CCN)[C@H](O[C@H]3O[C@H](CO)[C@@H](O)[C@H](N)[C@H]3O)[C@H]2O)[C@H](N)[C@@H](O)[C@@H]1O. The van der Waals surface area contributed by atoms with Crippen molar-refractivity contribution in [2.24, 2.45) is 28.7 Å². The minimum atomic E-state index is -1.66. The molecular formula is C25H51N7O12. The lowest BCUT2D eigenvalue weighted by molar-refractivity contribution is -0.320. The minimum absolute atomic E-state index is 0.0217. The molecule has 3 rings (SSSR count). The molecule has 19 N–H and O–H groups in total. The first-order valence-electron chi connectivity index (χ1n) is 14.8. The molecule has 3 aliphatic rings. The molecule has 1 aliphatic carbocycles. The molecule has 0 spiro atoms. The Labute approximate surface area is 254 Å². The van der Waals surface area contributed by atoms with Gasteiger partial charge in [0.2, 0.25) is 5.91 Å². The number of amides is 1. The fourth-order valence-corrected chi connectivity index (χ4v) is 5.56. The van der Waals surface area contributed by atoms with E-state index >= 15 is 0 Å². The molecule has 16 atom stereocenters. The highest BCUT2D eigenvalue weighted by Gasteiger charge is 2.52. The monoisotopic (exact) mass is 641 g/mol. The van der Waals surface area contributed by atoms with Crippen LogP contribution in [0.25, 0.3) is 0 Å². The maximum atomic E-state index is 12.7. The molecule has 3 fully saturated rings. The molecule has 19 heteroatoms. The number of aliphatic hydroxyl groups excluding tert-OH is 7. The van der Waals surface area contributed by atoms with Crippen LogP contribution in [-0.4, -0.2) is 172 Å². The van der Waals surface area contributed by atoms with Crippen molar-refractivity contribution in [1.29, 1.82) is 0 Å². The van der Waals surface area contributed by atoms with Crippen molar-refractivity contribution < 1.29 is 59.5 Å². The standard InChI is InChI=1S/C25H51N7O12/c26-3-1-5-31-7-12-17(36)18(37)15(30)24(41-12)43-21-9(28)6-10(32-23(40)11(34)2-4-27)22(20(21)39)44-25-19(38)14(29)16(35)13(8-33)42-25/h9-22,24-25,31,33-39H,1-8,26-30H2,(H,32,40)/t9-,10+,11-,12+,13+,14-,15+,16+,17+,18+,19+,20-,21?,22-,24+,25+/m0/s1. The number of aliphatic hydroxyl groups is 7. The molecule has 1 unspecified atom stereocenters. The third-order valence-corrected chi connectivity index (χ3v) is 8.26. The van der Waals surface area contributed by atoms with Crippen molar-refractivity contribution in [3.63, 3.8) is 0 Å². The van der Waals surface area contributed by atoms with Gasteiger partial charge in [0.15, 0.2) is 12.6 Å². The van der Waals surface area contributed by atoms with Crippen LogP contribution in [0, 0.1) is 0 Å². The predicted octanol–water partition coefficient (Wildman–Crippen LogP) is -8.48. The minimum Gasteiger partial charge on any atom is -0.394 e. The summed E-state index contributed by atoms with van der Waals surface area (Å²) in [6.07, 6.45) is -16.3. The van der Waals surface area contributed by atoms with Crippen LogP contribution in [0.3, 0.4) is 0 Å². The maximum absolute atomic E-state index is 12.7. The second-order valence-electron chi connectivity index (χ2n) is 11.5. The van der Waals surface area contributed by atoms with Gasteiger partial charge in [-0.05, 0) is 38.9 Å². The summed E-state index contributed by atoms with van der Waals surface area (Å²) in [7, 11) is 0. The first-order chi connectivity index (χ1) is 20.9. The summed E-state index contributed by atoms with van der Waals surface area (Å²) < 4.78 is 23.3. The highest BCUT2D eigenvalue weighted by Crippen LogP contribution is 2.31. The van der Waals surface area contributed by atoms with Gasteiger partial charge < -0.3 is 94.0 Å². The maximum Gasteiger partial charge on any atom is 0.249 e. The normalized spacial score (nSPS) is 43.9. The van der Waals surface area contributed by atoms with E-state index < -0.39 is 110 Å². The highest BCUT2D eigenvalue weighted by atomic mass is 16.7. The van der Waals surface area contributed by atoms with Gasteiger partial charge in [0.1, 0.15) is 61.0 Å². The molecule has 1 amide bonds. The van der Waals surface area contributed by atoms with Crippen LogP contribution in [0.2, 0.25) is 0 Å². The summed E-state index contributed by atoms with van der Waals surface area (Å²) in [6.45, 7) is 0.467. The molecule has 258 valence electrons. The van der Waals surface area contributed by atoms with Gasteiger partial charge in [-0.15, -0.1) is 0 Å². The Balaban J connectivity index is 1.82. The van der Waals surface area contributed by atoms with Crippen molar-refractivity contribution in [2.75, 3.05) is 32.8 Å². The van der Waals surface area contributed by atoms with E-state index in [9.17, 15) is 40.5 Å². The Bertz CT molecular complexity index is 883. The lowest BCUT2D eigenvalue weighted by Gasteiger charge is -2.49. The fraction of sp³-hybridized carbons (Fsp3) is 0.960. The first kappa shape index (κ1) is 37.2.